The number of amides is 3. The van der Waals surface area contributed by atoms with Gasteiger partial charge in [0.15, 0.2) is 0 Å². The highest BCUT2D eigenvalue weighted by Crippen LogP contribution is 2.34. The number of ether oxygens (including phenoxy) is 1. The molecule has 1 saturated heterocycles. The lowest BCUT2D eigenvalue weighted by molar-refractivity contribution is -0.142. The Morgan fingerprint density at radius 3 is 2.11 bits per heavy atom. The number of hydrazone groups is 1. The zero-order chi connectivity index (χ0) is 25.7. The first-order valence-corrected chi connectivity index (χ1v) is 12.5. The third-order valence-corrected chi connectivity index (χ3v) is 6.76. The van der Waals surface area contributed by atoms with Gasteiger partial charge in [0.25, 0.3) is 0 Å². The van der Waals surface area contributed by atoms with Crippen LogP contribution in [-0.2, 0) is 14.4 Å². The van der Waals surface area contributed by atoms with Crippen molar-refractivity contribution in [2.24, 2.45) is 11.0 Å². The topological polar surface area (TPSA) is 82.5 Å². The van der Waals surface area contributed by atoms with Gasteiger partial charge in [-0.3, -0.25) is 14.4 Å². The fourth-order valence-electron chi connectivity index (χ4n) is 4.66. The summed E-state index contributed by atoms with van der Waals surface area (Å²) in [6, 6.07) is 17.3. The molecule has 2 heterocycles. The number of hydrogen-bond donors (Lipinski definition) is 0. The fraction of sp³-hybridized carbons (Fsp3) is 0.429. The van der Waals surface area contributed by atoms with Crippen molar-refractivity contribution in [3.8, 4) is 5.75 Å². The number of hydrogen-bond acceptors (Lipinski definition) is 5. The van der Waals surface area contributed by atoms with Gasteiger partial charge >= 0.3 is 0 Å². The van der Waals surface area contributed by atoms with Crippen LogP contribution in [0.5, 0.6) is 5.75 Å². The first kappa shape index (κ1) is 25.4. The molecular formula is C28H34N4O4. The Morgan fingerprint density at radius 2 is 1.50 bits per heavy atom. The first-order valence-electron chi connectivity index (χ1n) is 12.5. The van der Waals surface area contributed by atoms with Gasteiger partial charge in [-0.2, -0.15) is 5.10 Å². The summed E-state index contributed by atoms with van der Waals surface area (Å²) in [5.41, 5.74) is 2.80. The minimum atomic E-state index is -0.237. The molecule has 0 spiro atoms. The molecule has 0 N–H and O–H groups in total. The van der Waals surface area contributed by atoms with Crippen molar-refractivity contribution >= 4 is 23.4 Å². The van der Waals surface area contributed by atoms with E-state index in [0.29, 0.717) is 32.6 Å². The van der Waals surface area contributed by atoms with E-state index in [-0.39, 0.29) is 42.5 Å². The summed E-state index contributed by atoms with van der Waals surface area (Å²) >= 11 is 0. The van der Waals surface area contributed by atoms with Crippen LogP contribution >= 0.6 is 0 Å². The van der Waals surface area contributed by atoms with Crippen molar-refractivity contribution in [1.82, 2.24) is 14.8 Å². The number of piperazine rings is 1. The van der Waals surface area contributed by atoms with Crippen LogP contribution in [0.1, 0.15) is 50.3 Å². The summed E-state index contributed by atoms with van der Waals surface area (Å²) in [7, 11) is 1.62. The Kier molecular flexibility index (Phi) is 8.03. The summed E-state index contributed by atoms with van der Waals surface area (Å²) < 4.78 is 5.28. The standard InChI is InChI=1S/C28H34N4O4/c1-20(2)28(35)31-17-15-30(16-18-31)26(33)13-14-27(34)32-25(22-9-11-23(36-3)12-10-22)19-24(29-32)21-7-5-4-6-8-21/h4-12,20,25H,13-19H2,1-3H3. The van der Waals surface area contributed by atoms with E-state index in [1.54, 1.807) is 12.0 Å². The Labute approximate surface area is 212 Å². The van der Waals surface area contributed by atoms with Crippen LogP contribution in [0.4, 0.5) is 0 Å². The predicted octanol–water partition coefficient (Wildman–Crippen LogP) is 3.48. The molecule has 2 aliphatic rings. The van der Waals surface area contributed by atoms with Gasteiger partial charge in [0.05, 0.1) is 18.9 Å². The van der Waals surface area contributed by atoms with Crippen LogP contribution < -0.4 is 4.74 Å². The molecule has 36 heavy (non-hydrogen) atoms. The zero-order valence-corrected chi connectivity index (χ0v) is 21.2. The van der Waals surface area contributed by atoms with Crippen LogP contribution in [0.3, 0.4) is 0 Å². The van der Waals surface area contributed by atoms with E-state index in [1.807, 2.05) is 73.3 Å². The lowest BCUT2D eigenvalue weighted by Crippen LogP contribution is -2.51. The molecule has 3 amide bonds. The van der Waals surface area contributed by atoms with E-state index in [2.05, 4.69) is 0 Å². The maximum absolute atomic E-state index is 13.3. The first-order chi connectivity index (χ1) is 17.4. The highest BCUT2D eigenvalue weighted by molar-refractivity contribution is 6.03. The molecule has 0 bridgehead atoms. The smallest absolute Gasteiger partial charge is 0.243 e. The van der Waals surface area contributed by atoms with Crippen molar-refractivity contribution in [2.45, 2.75) is 39.2 Å². The van der Waals surface area contributed by atoms with Crippen LogP contribution in [-0.4, -0.2) is 71.5 Å². The molecule has 8 nitrogen and oxygen atoms in total. The second kappa shape index (κ2) is 11.4. The average Bonchev–Trinajstić information content (AvgIpc) is 3.37. The van der Waals surface area contributed by atoms with E-state index in [0.717, 1.165) is 22.6 Å². The van der Waals surface area contributed by atoms with Gasteiger partial charge in [-0.15, -0.1) is 0 Å². The summed E-state index contributed by atoms with van der Waals surface area (Å²) in [6.07, 6.45) is 0.809. The molecule has 2 aromatic rings. The quantitative estimate of drug-likeness (QED) is 0.595. The van der Waals surface area contributed by atoms with Gasteiger partial charge in [0.2, 0.25) is 17.7 Å². The molecule has 0 aliphatic carbocycles. The number of benzene rings is 2. The Bertz CT molecular complexity index is 1110. The Balaban J connectivity index is 1.41. The van der Waals surface area contributed by atoms with Crippen LogP contribution in [0.25, 0.3) is 0 Å². The van der Waals surface area contributed by atoms with E-state index >= 15 is 0 Å². The lowest BCUT2D eigenvalue weighted by Gasteiger charge is -2.35. The van der Waals surface area contributed by atoms with Crippen molar-refractivity contribution in [3.05, 3.63) is 65.7 Å². The third-order valence-electron chi connectivity index (χ3n) is 6.76. The molecule has 2 aliphatic heterocycles. The van der Waals surface area contributed by atoms with E-state index < -0.39 is 0 Å². The zero-order valence-electron chi connectivity index (χ0n) is 21.2. The maximum Gasteiger partial charge on any atom is 0.243 e. The van der Waals surface area contributed by atoms with Crippen molar-refractivity contribution < 1.29 is 19.1 Å². The van der Waals surface area contributed by atoms with Gasteiger partial charge in [-0.1, -0.05) is 56.3 Å². The molecule has 4 rings (SSSR count). The summed E-state index contributed by atoms with van der Waals surface area (Å²) in [6.45, 7) is 5.84. The molecule has 0 aromatic heterocycles. The summed E-state index contributed by atoms with van der Waals surface area (Å²) in [5, 5.41) is 6.23. The predicted molar refractivity (Wildman–Crippen MR) is 137 cm³/mol. The molecule has 1 atom stereocenters. The Hall–Kier alpha value is -3.68. The van der Waals surface area contributed by atoms with Crippen molar-refractivity contribution in [3.63, 3.8) is 0 Å². The highest BCUT2D eigenvalue weighted by atomic mass is 16.5. The molecule has 0 radical (unpaired) electrons. The van der Waals surface area contributed by atoms with Crippen molar-refractivity contribution in [2.75, 3.05) is 33.3 Å². The number of carbonyl (C=O) groups excluding carboxylic acids is 3. The largest absolute Gasteiger partial charge is 0.497 e. The fourth-order valence-corrected chi connectivity index (χ4v) is 4.66. The van der Waals surface area contributed by atoms with Crippen LogP contribution in [0, 0.1) is 5.92 Å². The molecular weight excluding hydrogens is 456 g/mol. The molecule has 190 valence electrons. The SMILES string of the molecule is COc1ccc(C2CC(c3ccccc3)=NN2C(=O)CCC(=O)N2CCN(C(=O)C(C)C)CC2)cc1. The number of methoxy groups -OCH3 is 1. The second-order valence-corrected chi connectivity index (χ2v) is 9.50. The van der Waals surface area contributed by atoms with Crippen molar-refractivity contribution in [1.29, 1.82) is 0 Å². The number of carbonyl (C=O) groups is 3. The summed E-state index contributed by atoms with van der Waals surface area (Å²) in [4.78, 5) is 41.9. The number of rotatable bonds is 7. The third kappa shape index (κ3) is 5.75. The van der Waals surface area contributed by atoms with Gasteiger partial charge in [0, 0.05) is 51.4 Å². The molecule has 0 saturated carbocycles. The minimum Gasteiger partial charge on any atom is -0.497 e. The van der Waals surface area contributed by atoms with E-state index in [1.165, 1.54) is 5.01 Å². The van der Waals surface area contributed by atoms with Gasteiger partial charge in [-0.05, 0) is 23.3 Å². The van der Waals surface area contributed by atoms with E-state index in [9.17, 15) is 14.4 Å². The molecule has 2 aromatic carbocycles. The summed E-state index contributed by atoms with van der Waals surface area (Å²) in [5.74, 6) is 0.573. The van der Waals surface area contributed by atoms with Crippen LogP contribution in [0.2, 0.25) is 0 Å². The normalized spacial score (nSPS) is 17.8. The minimum absolute atomic E-state index is 0.0506. The lowest BCUT2D eigenvalue weighted by atomic mass is 9.98. The average molecular weight is 491 g/mol. The van der Waals surface area contributed by atoms with Gasteiger partial charge in [0.1, 0.15) is 5.75 Å². The van der Waals surface area contributed by atoms with Gasteiger partial charge < -0.3 is 14.5 Å². The van der Waals surface area contributed by atoms with Crippen LogP contribution in [0.15, 0.2) is 59.7 Å². The second-order valence-electron chi connectivity index (χ2n) is 9.50. The monoisotopic (exact) mass is 490 g/mol. The van der Waals surface area contributed by atoms with Gasteiger partial charge in [-0.25, -0.2) is 5.01 Å². The number of nitrogens with zero attached hydrogens (tertiary/aromatic N) is 4. The molecule has 8 heteroatoms. The highest BCUT2D eigenvalue weighted by Gasteiger charge is 2.33. The maximum atomic E-state index is 13.3. The molecule has 1 unspecified atom stereocenters. The van der Waals surface area contributed by atoms with E-state index in [4.69, 9.17) is 9.84 Å². The molecule has 1 fully saturated rings. The Morgan fingerprint density at radius 1 is 0.889 bits per heavy atom.